The first kappa shape index (κ1) is 15.6. The van der Waals surface area contributed by atoms with E-state index in [2.05, 4.69) is 4.74 Å². The second-order valence-electron chi connectivity index (χ2n) is 5.01. The van der Waals surface area contributed by atoms with Crippen molar-refractivity contribution in [2.75, 3.05) is 19.7 Å². The summed E-state index contributed by atoms with van der Waals surface area (Å²) in [4.78, 5) is 13.5. The number of carbonyl (C=O) groups is 1. The van der Waals surface area contributed by atoms with Crippen molar-refractivity contribution < 1.29 is 27.8 Å². The number of likely N-dealkylation sites (tertiary alicyclic amines) is 1. The molecule has 4 nitrogen and oxygen atoms in total. The number of amides is 1. The Hall–Kier alpha value is -1.76. The minimum atomic E-state index is -4.39. The maximum atomic E-state index is 12.1. The van der Waals surface area contributed by atoms with Crippen LogP contribution in [-0.2, 0) is 11.2 Å². The fourth-order valence-corrected chi connectivity index (χ4v) is 2.17. The number of halogens is 3. The summed E-state index contributed by atoms with van der Waals surface area (Å²) in [6.07, 6.45) is -4.25. The number of β-amino-alcohol motifs (C(OH)–C–C–N with tert-alkyl or cyclic N) is 1. The van der Waals surface area contributed by atoms with Gasteiger partial charge in [-0.25, -0.2) is 0 Å². The number of hydrogen-bond acceptors (Lipinski definition) is 3. The molecule has 1 atom stereocenters. The summed E-state index contributed by atoms with van der Waals surface area (Å²) in [6, 6.07) is 6.05. The molecule has 1 aliphatic rings. The summed E-state index contributed by atoms with van der Waals surface area (Å²) in [5, 5.41) is 9.38. The van der Waals surface area contributed by atoms with Crippen LogP contribution in [0.15, 0.2) is 24.3 Å². The monoisotopic (exact) mass is 303 g/mol. The van der Waals surface area contributed by atoms with E-state index < -0.39 is 18.9 Å². The van der Waals surface area contributed by atoms with Crippen LogP contribution in [0.3, 0.4) is 0 Å². The molecule has 7 heteroatoms. The van der Waals surface area contributed by atoms with Gasteiger partial charge in [0.15, 0.2) is 6.61 Å². The lowest BCUT2D eigenvalue weighted by Gasteiger charge is -2.16. The van der Waals surface area contributed by atoms with Crippen molar-refractivity contribution in [1.29, 1.82) is 0 Å². The first-order valence-electron chi connectivity index (χ1n) is 6.58. The van der Waals surface area contributed by atoms with E-state index in [4.69, 9.17) is 0 Å². The molecule has 116 valence electrons. The highest BCUT2D eigenvalue weighted by Crippen LogP contribution is 2.20. The summed E-state index contributed by atoms with van der Waals surface area (Å²) in [7, 11) is 0. The number of rotatable bonds is 4. The first-order chi connectivity index (χ1) is 9.83. The Bertz CT molecular complexity index is 504. The zero-order valence-corrected chi connectivity index (χ0v) is 11.3. The van der Waals surface area contributed by atoms with Crippen molar-refractivity contribution in [3.63, 3.8) is 0 Å². The average molecular weight is 303 g/mol. The van der Waals surface area contributed by atoms with E-state index in [1.54, 1.807) is 17.0 Å². The average Bonchev–Trinajstić information content (AvgIpc) is 2.83. The van der Waals surface area contributed by atoms with Gasteiger partial charge in [-0.1, -0.05) is 12.1 Å². The Morgan fingerprint density at radius 3 is 2.81 bits per heavy atom. The zero-order valence-electron chi connectivity index (χ0n) is 11.3. The third-order valence-corrected chi connectivity index (χ3v) is 3.17. The van der Waals surface area contributed by atoms with Gasteiger partial charge in [0, 0.05) is 13.1 Å². The van der Waals surface area contributed by atoms with Crippen LogP contribution in [0.2, 0.25) is 0 Å². The second-order valence-corrected chi connectivity index (χ2v) is 5.01. The summed E-state index contributed by atoms with van der Waals surface area (Å²) in [5.74, 6) is -0.0707. The minimum Gasteiger partial charge on any atom is -0.484 e. The van der Waals surface area contributed by atoms with Crippen LogP contribution < -0.4 is 4.74 Å². The molecule has 1 aromatic rings. The zero-order chi connectivity index (χ0) is 15.5. The van der Waals surface area contributed by atoms with Crippen LogP contribution in [0.25, 0.3) is 0 Å². The maximum Gasteiger partial charge on any atom is 0.422 e. The predicted molar refractivity (Wildman–Crippen MR) is 68.9 cm³/mol. The van der Waals surface area contributed by atoms with E-state index in [0.717, 1.165) is 0 Å². The normalized spacial score (nSPS) is 18.9. The van der Waals surface area contributed by atoms with Gasteiger partial charge in [-0.15, -0.1) is 0 Å². The Labute approximate surface area is 120 Å². The van der Waals surface area contributed by atoms with Gasteiger partial charge in [-0.05, 0) is 24.1 Å². The first-order valence-corrected chi connectivity index (χ1v) is 6.58. The lowest BCUT2D eigenvalue weighted by molar-refractivity contribution is -0.153. The molecule has 0 radical (unpaired) electrons. The lowest BCUT2D eigenvalue weighted by atomic mass is 10.1. The standard InChI is InChI=1S/C14H16F3NO3/c15-14(16,17)9-21-12-3-1-2-10(6-12)7-13(20)18-5-4-11(19)8-18/h1-3,6,11,19H,4-5,7-9H2/t11-/m0/s1. The van der Waals surface area contributed by atoms with Gasteiger partial charge in [0.2, 0.25) is 5.91 Å². The van der Waals surface area contributed by atoms with Gasteiger partial charge in [0.1, 0.15) is 5.75 Å². The number of alkyl halides is 3. The molecule has 2 rings (SSSR count). The SMILES string of the molecule is O=C(Cc1cccc(OCC(F)(F)F)c1)N1CC[C@H](O)C1. The van der Waals surface area contributed by atoms with Crippen molar-refractivity contribution in [2.24, 2.45) is 0 Å². The van der Waals surface area contributed by atoms with Gasteiger partial charge in [0.25, 0.3) is 0 Å². The fourth-order valence-electron chi connectivity index (χ4n) is 2.17. The highest BCUT2D eigenvalue weighted by Gasteiger charge is 2.28. The summed E-state index contributed by atoms with van der Waals surface area (Å²) in [6.45, 7) is -0.546. The fraction of sp³-hybridized carbons (Fsp3) is 0.500. The number of nitrogens with zero attached hydrogens (tertiary/aromatic N) is 1. The molecule has 1 fully saturated rings. The molecule has 1 amide bonds. The van der Waals surface area contributed by atoms with Gasteiger partial charge in [-0.3, -0.25) is 4.79 Å². The Morgan fingerprint density at radius 2 is 2.19 bits per heavy atom. The number of carbonyl (C=O) groups excluding carboxylic acids is 1. The second kappa shape index (κ2) is 6.34. The van der Waals surface area contributed by atoms with Crippen molar-refractivity contribution in [3.05, 3.63) is 29.8 Å². The summed E-state index contributed by atoms with van der Waals surface area (Å²) >= 11 is 0. The molecule has 0 spiro atoms. The van der Waals surface area contributed by atoms with E-state index in [9.17, 15) is 23.1 Å². The minimum absolute atomic E-state index is 0.0793. The smallest absolute Gasteiger partial charge is 0.422 e. The van der Waals surface area contributed by atoms with E-state index in [0.29, 0.717) is 25.1 Å². The van der Waals surface area contributed by atoms with Crippen LogP contribution in [0.1, 0.15) is 12.0 Å². The number of aliphatic hydroxyl groups is 1. The molecule has 1 aromatic carbocycles. The van der Waals surface area contributed by atoms with Crippen LogP contribution >= 0.6 is 0 Å². The number of ether oxygens (including phenoxy) is 1. The van der Waals surface area contributed by atoms with Crippen LogP contribution in [-0.4, -0.2) is 47.9 Å². The molecule has 21 heavy (non-hydrogen) atoms. The van der Waals surface area contributed by atoms with E-state index >= 15 is 0 Å². The Kier molecular flexibility index (Phi) is 4.72. The van der Waals surface area contributed by atoms with Crippen molar-refractivity contribution in [2.45, 2.75) is 25.1 Å². The highest BCUT2D eigenvalue weighted by atomic mass is 19.4. The van der Waals surface area contributed by atoms with Crippen LogP contribution in [0, 0.1) is 0 Å². The highest BCUT2D eigenvalue weighted by molar-refractivity contribution is 5.79. The van der Waals surface area contributed by atoms with Gasteiger partial charge in [-0.2, -0.15) is 13.2 Å². The third kappa shape index (κ3) is 4.93. The molecular weight excluding hydrogens is 287 g/mol. The molecule has 0 unspecified atom stereocenters. The topological polar surface area (TPSA) is 49.8 Å². The molecule has 0 saturated carbocycles. The summed E-state index contributed by atoms with van der Waals surface area (Å²) < 4.78 is 40.9. The Morgan fingerprint density at radius 1 is 1.43 bits per heavy atom. The molecular formula is C14H16F3NO3. The lowest BCUT2D eigenvalue weighted by Crippen LogP contribution is -2.30. The summed E-state index contributed by atoms with van der Waals surface area (Å²) in [5.41, 5.74) is 0.584. The van der Waals surface area contributed by atoms with E-state index in [1.807, 2.05) is 0 Å². The number of benzene rings is 1. The predicted octanol–water partition coefficient (Wildman–Crippen LogP) is 1.76. The van der Waals surface area contributed by atoms with Crippen molar-refractivity contribution >= 4 is 5.91 Å². The van der Waals surface area contributed by atoms with E-state index in [-0.39, 0.29) is 18.1 Å². The molecule has 1 saturated heterocycles. The molecule has 1 aliphatic heterocycles. The van der Waals surface area contributed by atoms with Crippen LogP contribution in [0.5, 0.6) is 5.75 Å². The molecule has 1 heterocycles. The molecule has 0 aliphatic carbocycles. The van der Waals surface area contributed by atoms with Crippen LogP contribution in [0.4, 0.5) is 13.2 Å². The Balaban J connectivity index is 1.93. The third-order valence-electron chi connectivity index (χ3n) is 3.17. The number of aliphatic hydroxyl groups excluding tert-OH is 1. The quantitative estimate of drug-likeness (QED) is 0.922. The van der Waals surface area contributed by atoms with Crippen molar-refractivity contribution in [1.82, 2.24) is 4.90 Å². The van der Waals surface area contributed by atoms with E-state index in [1.165, 1.54) is 12.1 Å². The molecule has 1 N–H and O–H groups in total. The molecule has 0 aromatic heterocycles. The largest absolute Gasteiger partial charge is 0.484 e. The van der Waals surface area contributed by atoms with Crippen molar-refractivity contribution in [3.8, 4) is 5.75 Å². The van der Waals surface area contributed by atoms with Gasteiger partial charge >= 0.3 is 6.18 Å². The molecule has 0 bridgehead atoms. The maximum absolute atomic E-state index is 12.1. The number of hydrogen-bond donors (Lipinski definition) is 1. The van der Waals surface area contributed by atoms with Gasteiger partial charge in [0.05, 0.1) is 12.5 Å². The van der Waals surface area contributed by atoms with Gasteiger partial charge < -0.3 is 14.7 Å².